The summed E-state index contributed by atoms with van der Waals surface area (Å²) in [5.41, 5.74) is 2.31. The molecule has 3 heteroatoms. The lowest BCUT2D eigenvalue weighted by Gasteiger charge is -2.00. The zero-order valence-corrected chi connectivity index (χ0v) is 9.45. The van der Waals surface area contributed by atoms with E-state index in [0.717, 1.165) is 9.77 Å². The van der Waals surface area contributed by atoms with E-state index in [2.05, 4.69) is 36.9 Å². The summed E-state index contributed by atoms with van der Waals surface area (Å²) in [5.74, 6) is 0. The summed E-state index contributed by atoms with van der Waals surface area (Å²) in [6, 6.07) is 8.46. The molecule has 0 aliphatic heterocycles. The topological polar surface area (TPSA) is 23.8 Å². The number of benzene rings is 1. The number of nitrogens with zero attached hydrogens (tertiary/aromatic N) is 1. The average Bonchev–Trinajstić information content (AvgIpc) is 2.45. The van der Waals surface area contributed by atoms with Crippen LogP contribution >= 0.6 is 24.0 Å². The van der Waals surface area contributed by atoms with Crippen LogP contribution in [0, 0.1) is 18.3 Å². The van der Waals surface area contributed by atoms with Gasteiger partial charge in [0.05, 0.1) is 16.7 Å². The Bertz CT molecular complexity index is 520. The Hall–Kier alpha value is -0.980. The molecule has 0 aliphatic carbocycles. The smallest absolute Gasteiger partial charge is 0.0669 e. The molecule has 0 fully saturated rings. The zero-order valence-electron chi connectivity index (χ0n) is 7.74. The number of fused-ring (bicyclic) bond motifs is 1. The van der Waals surface area contributed by atoms with Gasteiger partial charge in [-0.05, 0) is 35.6 Å². The Kier molecular flexibility index (Phi) is 2.49. The van der Waals surface area contributed by atoms with Crippen LogP contribution in [0.3, 0.4) is 0 Å². The van der Waals surface area contributed by atoms with Gasteiger partial charge in [-0.3, -0.25) is 0 Å². The third kappa shape index (κ3) is 1.63. The van der Waals surface area contributed by atoms with E-state index in [1.807, 2.05) is 6.92 Å². The monoisotopic (exact) mass is 219 g/mol. The fraction of sp³-hybridized carbons (Fsp3) is 0.182. The molecule has 0 aliphatic rings. The van der Waals surface area contributed by atoms with Crippen molar-refractivity contribution in [1.29, 1.82) is 5.26 Å². The summed E-state index contributed by atoms with van der Waals surface area (Å²) in [6.45, 7) is 2.04. The first kappa shape index (κ1) is 9.57. The van der Waals surface area contributed by atoms with E-state index in [1.54, 1.807) is 11.3 Å². The third-order valence-corrected chi connectivity index (χ3v) is 3.53. The van der Waals surface area contributed by atoms with E-state index in [4.69, 9.17) is 5.26 Å². The van der Waals surface area contributed by atoms with Crippen molar-refractivity contribution in [2.24, 2.45) is 0 Å². The number of thiophene rings is 1. The van der Waals surface area contributed by atoms with Crippen molar-refractivity contribution in [3.05, 3.63) is 29.3 Å². The summed E-state index contributed by atoms with van der Waals surface area (Å²) in [5, 5.41) is 9.88. The molecule has 0 atom stereocenters. The molecule has 1 heterocycles. The Labute approximate surface area is 92.4 Å². The predicted molar refractivity (Wildman–Crippen MR) is 63.1 cm³/mol. The van der Waals surface area contributed by atoms with Crippen molar-refractivity contribution in [2.75, 3.05) is 0 Å². The van der Waals surface area contributed by atoms with Crippen LogP contribution in [0.2, 0.25) is 0 Å². The molecule has 2 rings (SSSR count). The van der Waals surface area contributed by atoms with Crippen molar-refractivity contribution in [3.8, 4) is 6.07 Å². The zero-order chi connectivity index (χ0) is 10.1. The number of nitriles is 1. The number of thiol groups is 1. The van der Waals surface area contributed by atoms with Gasteiger partial charge in [0.1, 0.15) is 0 Å². The molecule has 14 heavy (non-hydrogen) atoms. The Morgan fingerprint density at radius 3 is 2.93 bits per heavy atom. The minimum atomic E-state index is 0.488. The highest BCUT2D eigenvalue weighted by Gasteiger charge is 2.03. The predicted octanol–water partition coefficient (Wildman–Crippen LogP) is 3.56. The van der Waals surface area contributed by atoms with Crippen LogP contribution in [0.5, 0.6) is 0 Å². The highest BCUT2D eigenvalue weighted by molar-refractivity contribution is 7.83. The number of hydrogen-bond donors (Lipinski definition) is 1. The van der Waals surface area contributed by atoms with Crippen molar-refractivity contribution in [3.63, 3.8) is 0 Å². The second-order valence-electron chi connectivity index (χ2n) is 3.24. The van der Waals surface area contributed by atoms with E-state index < -0.39 is 0 Å². The summed E-state index contributed by atoms with van der Waals surface area (Å²) in [4.78, 5) is 0. The highest BCUT2D eigenvalue weighted by atomic mass is 32.2. The molecule has 0 bridgehead atoms. The van der Waals surface area contributed by atoms with Gasteiger partial charge in [0, 0.05) is 4.70 Å². The van der Waals surface area contributed by atoms with E-state index in [9.17, 15) is 0 Å². The van der Waals surface area contributed by atoms with Crippen molar-refractivity contribution >= 4 is 34.1 Å². The normalized spacial score (nSPS) is 10.4. The summed E-state index contributed by atoms with van der Waals surface area (Å²) in [6.07, 6.45) is 0.488. The Morgan fingerprint density at radius 2 is 2.21 bits per heavy atom. The lowest BCUT2D eigenvalue weighted by atomic mass is 10.0. The molecule has 2 aromatic rings. The van der Waals surface area contributed by atoms with Crippen LogP contribution in [-0.2, 0) is 6.42 Å². The van der Waals surface area contributed by atoms with Gasteiger partial charge in [-0.15, -0.1) is 24.0 Å². The maximum Gasteiger partial charge on any atom is 0.0669 e. The Balaban J connectivity index is 2.65. The minimum absolute atomic E-state index is 0.488. The SMILES string of the molecule is Cc1cc2cc(S)sc2cc1CC#N. The maximum atomic E-state index is 8.66. The van der Waals surface area contributed by atoms with Gasteiger partial charge in [-0.25, -0.2) is 0 Å². The summed E-state index contributed by atoms with van der Waals surface area (Å²) in [7, 11) is 0. The fourth-order valence-corrected chi connectivity index (χ4v) is 2.79. The van der Waals surface area contributed by atoms with E-state index in [1.165, 1.54) is 15.6 Å². The fourth-order valence-electron chi connectivity index (χ4n) is 1.50. The van der Waals surface area contributed by atoms with Crippen LogP contribution in [0.4, 0.5) is 0 Å². The van der Waals surface area contributed by atoms with Gasteiger partial charge >= 0.3 is 0 Å². The van der Waals surface area contributed by atoms with Gasteiger partial charge in [-0.2, -0.15) is 5.26 Å². The van der Waals surface area contributed by atoms with Crippen LogP contribution < -0.4 is 0 Å². The number of rotatable bonds is 1. The van der Waals surface area contributed by atoms with Gasteiger partial charge in [0.15, 0.2) is 0 Å². The van der Waals surface area contributed by atoms with Gasteiger partial charge in [0.2, 0.25) is 0 Å². The molecule has 0 radical (unpaired) electrons. The molecule has 0 amide bonds. The average molecular weight is 219 g/mol. The van der Waals surface area contributed by atoms with Crippen LogP contribution in [-0.4, -0.2) is 0 Å². The van der Waals surface area contributed by atoms with Gasteiger partial charge in [0.25, 0.3) is 0 Å². The molecule has 0 N–H and O–H groups in total. The standard InChI is InChI=1S/C11H9NS2/c1-7-4-9-6-11(13)14-10(9)5-8(7)2-3-12/h4-6,13H,2H2,1H3. The van der Waals surface area contributed by atoms with Crippen LogP contribution in [0.1, 0.15) is 11.1 Å². The molecule has 0 saturated heterocycles. The van der Waals surface area contributed by atoms with Crippen molar-refractivity contribution < 1.29 is 0 Å². The van der Waals surface area contributed by atoms with Crippen molar-refractivity contribution in [1.82, 2.24) is 0 Å². The first-order chi connectivity index (χ1) is 6.70. The van der Waals surface area contributed by atoms with Gasteiger partial charge in [-0.1, -0.05) is 6.07 Å². The van der Waals surface area contributed by atoms with Gasteiger partial charge < -0.3 is 0 Å². The molecule has 70 valence electrons. The first-order valence-electron chi connectivity index (χ1n) is 4.29. The van der Waals surface area contributed by atoms with E-state index >= 15 is 0 Å². The third-order valence-electron chi connectivity index (χ3n) is 2.23. The molecule has 0 unspecified atom stereocenters. The molecule has 1 aromatic carbocycles. The van der Waals surface area contributed by atoms with E-state index in [-0.39, 0.29) is 0 Å². The van der Waals surface area contributed by atoms with E-state index in [0.29, 0.717) is 6.42 Å². The number of hydrogen-bond acceptors (Lipinski definition) is 3. The maximum absolute atomic E-state index is 8.66. The van der Waals surface area contributed by atoms with Crippen LogP contribution in [0.15, 0.2) is 22.4 Å². The molecule has 1 nitrogen and oxygen atoms in total. The lowest BCUT2D eigenvalue weighted by Crippen LogP contribution is -1.85. The number of aryl methyl sites for hydroxylation is 1. The van der Waals surface area contributed by atoms with Crippen LogP contribution in [0.25, 0.3) is 10.1 Å². The Morgan fingerprint density at radius 1 is 1.43 bits per heavy atom. The first-order valence-corrected chi connectivity index (χ1v) is 5.56. The second kappa shape index (κ2) is 3.64. The summed E-state index contributed by atoms with van der Waals surface area (Å²) < 4.78 is 2.24. The summed E-state index contributed by atoms with van der Waals surface area (Å²) >= 11 is 5.97. The quantitative estimate of drug-likeness (QED) is 0.728. The minimum Gasteiger partial charge on any atom is -0.198 e. The molecular formula is C11H9NS2. The second-order valence-corrected chi connectivity index (χ2v) is 5.10. The van der Waals surface area contributed by atoms with Crippen molar-refractivity contribution in [2.45, 2.75) is 17.6 Å². The molecule has 1 aromatic heterocycles. The molecule has 0 spiro atoms. The molecular weight excluding hydrogens is 210 g/mol. The molecule has 0 saturated carbocycles. The highest BCUT2D eigenvalue weighted by Crippen LogP contribution is 2.30. The largest absolute Gasteiger partial charge is 0.198 e. The lowest BCUT2D eigenvalue weighted by molar-refractivity contribution is 1.23.